The third-order valence-electron chi connectivity index (χ3n) is 6.56. The highest BCUT2D eigenvalue weighted by molar-refractivity contribution is 8.23. The van der Waals surface area contributed by atoms with Crippen LogP contribution in [0, 0.1) is 0 Å². The van der Waals surface area contributed by atoms with Crippen LogP contribution in [-0.4, -0.2) is 56.5 Å². The number of unbranched alkanes of at least 4 members (excludes halogenated alkanes) is 1. The van der Waals surface area contributed by atoms with Gasteiger partial charge < -0.3 is 9.64 Å². The van der Waals surface area contributed by atoms with E-state index in [9.17, 15) is 13.9 Å². The molecule has 3 aromatic carbocycles. The number of nitrogens with zero attached hydrogens (tertiary/aromatic N) is 2. The highest BCUT2D eigenvalue weighted by Gasteiger charge is 2.40. The lowest BCUT2D eigenvalue weighted by Crippen LogP contribution is -2.29. The van der Waals surface area contributed by atoms with Crippen LogP contribution in [0.1, 0.15) is 35.2 Å². The van der Waals surface area contributed by atoms with E-state index in [0.717, 1.165) is 38.9 Å². The lowest BCUT2D eigenvalue weighted by atomic mass is 10.1. The highest BCUT2D eigenvalue weighted by atomic mass is 32.3. The van der Waals surface area contributed by atoms with E-state index in [2.05, 4.69) is 47.4 Å². The third-order valence-corrected chi connectivity index (χ3v) is 8.47. The maximum absolute atomic E-state index is 12.6. The van der Waals surface area contributed by atoms with Gasteiger partial charge in [-0.2, -0.15) is 0 Å². The first-order valence-electron chi connectivity index (χ1n) is 11.5. The minimum atomic E-state index is -3.20. The van der Waals surface area contributed by atoms with E-state index >= 15 is 0 Å². The number of amides is 1. The topological polar surface area (TPSA) is 73.2 Å². The molecular weight excluding hydrogens is 436 g/mol. The number of ether oxygens (including phenoxy) is 1. The van der Waals surface area contributed by atoms with Crippen molar-refractivity contribution in [3.63, 3.8) is 0 Å². The number of likely N-dealkylation sites (tertiary alicyclic amines) is 1. The summed E-state index contributed by atoms with van der Waals surface area (Å²) in [5.41, 5.74) is 1.60. The van der Waals surface area contributed by atoms with Gasteiger partial charge in [-0.25, -0.2) is 4.31 Å². The molecule has 1 amide bonds. The zero-order chi connectivity index (χ0) is 22.8. The quantitative estimate of drug-likeness (QED) is 0.436. The molecule has 3 aromatic rings. The minimum absolute atomic E-state index is 0.234. The van der Waals surface area contributed by atoms with Gasteiger partial charge in [-0.1, -0.05) is 59.3 Å². The number of carbonyl (C=O) groups is 1. The average molecular weight is 467 g/mol. The normalized spacial score (nSPS) is 21.0. The highest BCUT2D eigenvalue weighted by Crippen LogP contribution is 2.58. The van der Waals surface area contributed by atoms with Gasteiger partial charge in [-0.3, -0.25) is 13.9 Å². The molecule has 1 fully saturated rings. The molecule has 1 saturated heterocycles. The van der Waals surface area contributed by atoms with E-state index in [0.29, 0.717) is 23.6 Å². The lowest BCUT2D eigenvalue weighted by Gasteiger charge is -2.37. The van der Waals surface area contributed by atoms with Crippen LogP contribution in [0.5, 0.6) is 0 Å². The van der Waals surface area contributed by atoms with Crippen molar-refractivity contribution in [2.24, 2.45) is 0 Å². The number of carbonyl (C=O) groups excluding carboxylic acids is 1. The van der Waals surface area contributed by atoms with Gasteiger partial charge >= 0.3 is 0 Å². The summed E-state index contributed by atoms with van der Waals surface area (Å²) in [7, 11) is -3.20. The third kappa shape index (κ3) is 4.65. The van der Waals surface area contributed by atoms with E-state index in [1.54, 1.807) is 24.3 Å². The molecule has 2 aliphatic heterocycles. The second-order valence-electron chi connectivity index (χ2n) is 8.83. The van der Waals surface area contributed by atoms with Crippen molar-refractivity contribution in [2.75, 3.05) is 26.2 Å². The fourth-order valence-corrected chi connectivity index (χ4v) is 6.41. The molecule has 0 bridgehead atoms. The summed E-state index contributed by atoms with van der Waals surface area (Å²) in [6, 6.07) is 21.6. The van der Waals surface area contributed by atoms with E-state index in [-0.39, 0.29) is 12.0 Å². The number of rotatable bonds is 8. The first kappa shape index (κ1) is 22.4. The Morgan fingerprint density at radius 1 is 0.939 bits per heavy atom. The van der Waals surface area contributed by atoms with Crippen molar-refractivity contribution in [1.29, 1.82) is 0 Å². The van der Waals surface area contributed by atoms with Crippen LogP contribution in [0.2, 0.25) is 0 Å². The largest absolute Gasteiger partial charge is 0.372 e. The van der Waals surface area contributed by atoms with Crippen LogP contribution in [0.15, 0.2) is 71.6 Å². The molecule has 0 saturated carbocycles. The zero-order valence-corrected chi connectivity index (χ0v) is 19.4. The molecule has 0 radical (unpaired) electrons. The van der Waals surface area contributed by atoms with Crippen LogP contribution in [-0.2, 0) is 11.3 Å². The standard InChI is InChI=1S/C26H30N2O4S/c29-26-24-9-3-4-10-25(24)33(30,31)28(26)15-6-5-14-27-16-13-23(18-27)32-19-20-11-12-21-7-1-2-8-22(21)17-20/h1-4,7-12,17,23,30-31H,5-6,13-16,18-19H2. The molecule has 2 heterocycles. The smallest absolute Gasteiger partial charge is 0.274 e. The Balaban J connectivity index is 1.05. The molecule has 7 heteroatoms. The molecule has 1 unspecified atom stereocenters. The molecule has 2 N–H and O–H groups in total. The van der Waals surface area contributed by atoms with Crippen LogP contribution in [0.3, 0.4) is 0 Å². The number of benzene rings is 3. The lowest BCUT2D eigenvalue weighted by molar-refractivity contribution is 0.0466. The minimum Gasteiger partial charge on any atom is -0.372 e. The molecular formula is C26H30N2O4S. The molecule has 174 valence electrons. The first-order valence-corrected chi connectivity index (χ1v) is 13.0. The van der Waals surface area contributed by atoms with Crippen molar-refractivity contribution in [1.82, 2.24) is 9.21 Å². The molecule has 6 nitrogen and oxygen atoms in total. The van der Waals surface area contributed by atoms with Gasteiger partial charge in [0.2, 0.25) is 0 Å². The predicted octanol–water partition coefficient (Wildman–Crippen LogP) is 5.39. The Morgan fingerprint density at radius 2 is 1.70 bits per heavy atom. The molecule has 0 aromatic heterocycles. The summed E-state index contributed by atoms with van der Waals surface area (Å²) < 4.78 is 28.5. The van der Waals surface area contributed by atoms with Crippen molar-refractivity contribution in [3.05, 3.63) is 77.9 Å². The Morgan fingerprint density at radius 3 is 2.55 bits per heavy atom. The Hall–Kier alpha value is -2.42. The van der Waals surface area contributed by atoms with Crippen LogP contribution >= 0.6 is 10.8 Å². The Bertz CT molecular complexity index is 1150. The fourth-order valence-electron chi connectivity index (χ4n) is 4.75. The maximum Gasteiger partial charge on any atom is 0.274 e. The summed E-state index contributed by atoms with van der Waals surface area (Å²) in [6.07, 6.45) is 2.88. The fraction of sp³-hybridized carbons (Fsp3) is 0.346. The maximum atomic E-state index is 12.6. The van der Waals surface area contributed by atoms with Gasteiger partial charge in [-0.15, -0.1) is 0 Å². The van der Waals surface area contributed by atoms with Gasteiger partial charge in [0.1, 0.15) is 0 Å². The molecule has 33 heavy (non-hydrogen) atoms. The van der Waals surface area contributed by atoms with E-state index in [1.165, 1.54) is 20.6 Å². The van der Waals surface area contributed by atoms with Gasteiger partial charge in [0.25, 0.3) is 5.91 Å². The second-order valence-corrected chi connectivity index (χ2v) is 10.8. The summed E-state index contributed by atoms with van der Waals surface area (Å²) in [6.45, 7) is 3.82. The van der Waals surface area contributed by atoms with Gasteiger partial charge in [0, 0.05) is 19.6 Å². The second kappa shape index (κ2) is 9.44. The van der Waals surface area contributed by atoms with E-state index in [1.807, 2.05) is 0 Å². The monoisotopic (exact) mass is 466 g/mol. The van der Waals surface area contributed by atoms with Crippen LogP contribution in [0.25, 0.3) is 10.8 Å². The van der Waals surface area contributed by atoms with E-state index < -0.39 is 10.8 Å². The SMILES string of the molecule is O=C1c2ccccc2S(O)(O)N1CCCCN1CCC(OCc2ccc3ccccc3c2)C1. The van der Waals surface area contributed by atoms with Crippen LogP contribution < -0.4 is 0 Å². The van der Waals surface area contributed by atoms with Gasteiger partial charge in [0.05, 0.1) is 23.2 Å². The molecule has 2 aliphatic rings. The number of hydrogen-bond donors (Lipinski definition) is 2. The van der Waals surface area contributed by atoms with E-state index in [4.69, 9.17) is 4.74 Å². The first-order chi connectivity index (χ1) is 16.0. The van der Waals surface area contributed by atoms with Crippen molar-refractivity contribution in [3.8, 4) is 0 Å². The average Bonchev–Trinajstić information content (AvgIpc) is 3.36. The summed E-state index contributed by atoms with van der Waals surface area (Å²) in [5, 5.41) is 2.48. The Kier molecular flexibility index (Phi) is 6.40. The summed E-state index contributed by atoms with van der Waals surface area (Å²) in [4.78, 5) is 15.3. The van der Waals surface area contributed by atoms with Gasteiger partial charge in [0.15, 0.2) is 0 Å². The number of hydrogen-bond acceptors (Lipinski definition) is 5. The Labute approximate surface area is 196 Å². The molecule has 1 atom stereocenters. The van der Waals surface area contributed by atoms with Crippen molar-refractivity contribution in [2.45, 2.75) is 36.9 Å². The van der Waals surface area contributed by atoms with Crippen LogP contribution in [0.4, 0.5) is 0 Å². The van der Waals surface area contributed by atoms with Crippen molar-refractivity contribution < 1.29 is 18.6 Å². The summed E-state index contributed by atoms with van der Waals surface area (Å²) >= 11 is 0. The summed E-state index contributed by atoms with van der Waals surface area (Å²) in [5.74, 6) is -0.283. The zero-order valence-electron chi connectivity index (χ0n) is 18.6. The number of fused-ring (bicyclic) bond motifs is 2. The molecule has 5 rings (SSSR count). The molecule has 0 aliphatic carbocycles. The molecule has 0 spiro atoms. The van der Waals surface area contributed by atoms with Gasteiger partial charge in [-0.05, 0) is 60.3 Å². The van der Waals surface area contributed by atoms with Crippen molar-refractivity contribution >= 4 is 27.5 Å². The predicted molar refractivity (Wildman–Crippen MR) is 131 cm³/mol.